The second-order valence-corrected chi connectivity index (χ2v) is 10.2. The summed E-state index contributed by atoms with van der Waals surface area (Å²) in [7, 11) is 0. The number of carbonyl (C=O) groups excluding carboxylic acids is 3. The van der Waals surface area contributed by atoms with E-state index in [9.17, 15) is 14.4 Å². The van der Waals surface area contributed by atoms with Gasteiger partial charge in [0.2, 0.25) is 0 Å². The van der Waals surface area contributed by atoms with Gasteiger partial charge in [0.05, 0.1) is 34.7 Å². The average molecular weight is 594 g/mol. The molecule has 12 heteroatoms. The number of nitrogens with zero attached hydrogens (tertiary/aromatic N) is 4. The molecular weight excluding hydrogens is 566 g/mol. The van der Waals surface area contributed by atoms with Crippen molar-refractivity contribution >= 4 is 34.8 Å². The van der Waals surface area contributed by atoms with E-state index >= 15 is 0 Å². The van der Waals surface area contributed by atoms with E-state index < -0.39 is 41.9 Å². The average Bonchev–Trinajstić information content (AvgIpc) is 3.60. The normalized spacial score (nSPS) is 21.1. The molecule has 1 aliphatic heterocycles. The van der Waals surface area contributed by atoms with E-state index in [1.807, 2.05) is 0 Å². The summed E-state index contributed by atoms with van der Waals surface area (Å²) < 4.78 is 25.9. The summed E-state index contributed by atoms with van der Waals surface area (Å²) >= 11 is 0. The number of hydrogen-bond donors (Lipinski definition) is 1. The number of ether oxygens (including phenoxy) is 4. The number of hydrogen-bond acceptors (Lipinski definition) is 11. The van der Waals surface area contributed by atoms with Gasteiger partial charge >= 0.3 is 17.9 Å². The predicted molar refractivity (Wildman–Crippen MR) is 156 cm³/mol. The van der Waals surface area contributed by atoms with Gasteiger partial charge in [-0.2, -0.15) is 5.10 Å². The molecule has 2 N–H and O–H groups in total. The molecular formula is C32H27N5O7. The minimum absolute atomic E-state index is 0.0858. The van der Waals surface area contributed by atoms with Gasteiger partial charge in [0.25, 0.3) is 0 Å². The van der Waals surface area contributed by atoms with Crippen molar-refractivity contribution in [3.63, 3.8) is 0 Å². The van der Waals surface area contributed by atoms with E-state index in [1.165, 1.54) is 12.5 Å². The maximum atomic E-state index is 13.5. The molecule has 0 radical (unpaired) electrons. The van der Waals surface area contributed by atoms with Crippen molar-refractivity contribution in [1.82, 2.24) is 19.7 Å². The SMILES string of the molecule is C[C@@]1(OC(=O)c2ccccc2)[C@H](OC(=O)c2ccccc2)[C@@H](COC(=O)c2ccccc2)O[C@H]1n1cnc2c(N)nncc21. The fraction of sp³-hybridized carbons (Fsp3) is 0.188. The van der Waals surface area contributed by atoms with Crippen LogP contribution in [0.2, 0.25) is 0 Å². The monoisotopic (exact) mass is 593 g/mol. The zero-order chi connectivity index (χ0) is 30.7. The molecule has 0 saturated carbocycles. The molecule has 0 unspecified atom stereocenters. The molecule has 0 spiro atoms. The lowest BCUT2D eigenvalue weighted by atomic mass is 9.95. The van der Waals surface area contributed by atoms with Gasteiger partial charge in [0, 0.05) is 0 Å². The Morgan fingerprint density at radius 3 is 2.05 bits per heavy atom. The standard InChI is InChI=1S/C32H27N5O7/c1-32(44-30(40)22-15-9-4-10-16-22)26(43-29(39)21-13-7-3-8-14-21)24(18-41-28(38)20-11-5-2-6-12-20)42-31(32)37-19-34-25-23(37)17-35-36-27(25)33/h2-17,19,24,26,31H,18H2,1H3,(H2,33,36)/t24-,26-,31-,32-/m1/s1. The van der Waals surface area contributed by atoms with Crippen molar-refractivity contribution in [2.75, 3.05) is 12.3 Å². The molecule has 0 aliphatic carbocycles. The summed E-state index contributed by atoms with van der Waals surface area (Å²) in [6, 6.07) is 25.1. The Morgan fingerprint density at radius 2 is 1.43 bits per heavy atom. The number of anilines is 1. The van der Waals surface area contributed by atoms with Gasteiger partial charge in [0.1, 0.15) is 18.2 Å². The molecule has 1 fully saturated rings. The van der Waals surface area contributed by atoms with E-state index in [4.69, 9.17) is 24.7 Å². The smallest absolute Gasteiger partial charge is 0.338 e. The summed E-state index contributed by atoms with van der Waals surface area (Å²) in [5, 5.41) is 7.79. The molecule has 2 aromatic heterocycles. The minimum atomic E-state index is -1.67. The molecule has 1 saturated heterocycles. The third-order valence-corrected chi connectivity index (χ3v) is 7.32. The first-order chi connectivity index (χ1) is 21.3. The number of carbonyl (C=O) groups is 3. The predicted octanol–water partition coefficient (Wildman–Crippen LogP) is 4.00. The van der Waals surface area contributed by atoms with Gasteiger partial charge in [-0.05, 0) is 43.3 Å². The maximum absolute atomic E-state index is 13.5. The number of rotatable bonds is 8. The molecule has 1 aliphatic rings. The third-order valence-electron chi connectivity index (χ3n) is 7.32. The molecule has 0 bridgehead atoms. The van der Waals surface area contributed by atoms with Crippen molar-refractivity contribution in [2.24, 2.45) is 0 Å². The molecule has 3 heterocycles. The van der Waals surface area contributed by atoms with Crippen LogP contribution in [-0.4, -0.2) is 62.1 Å². The van der Waals surface area contributed by atoms with Crippen LogP contribution in [0.3, 0.4) is 0 Å². The van der Waals surface area contributed by atoms with Crippen LogP contribution in [0, 0.1) is 0 Å². The van der Waals surface area contributed by atoms with Crippen LogP contribution in [0.5, 0.6) is 0 Å². The van der Waals surface area contributed by atoms with E-state index in [-0.39, 0.29) is 23.6 Å². The molecule has 4 atom stereocenters. The zero-order valence-corrected chi connectivity index (χ0v) is 23.5. The lowest BCUT2D eigenvalue weighted by molar-refractivity contribution is -0.108. The summed E-state index contributed by atoms with van der Waals surface area (Å²) in [5.74, 6) is -1.90. The molecule has 6 rings (SSSR count). The van der Waals surface area contributed by atoms with Crippen LogP contribution < -0.4 is 5.73 Å². The van der Waals surface area contributed by atoms with E-state index in [0.717, 1.165) is 0 Å². The molecule has 222 valence electrons. The lowest BCUT2D eigenvalue weighted by Gasteiger charge is -2.34. The summed E-state index contributed by atoms with van der Waals surface area (Å²) in [6.45, 7) is 1.26. The fourth-order valence-corrected chi connectivity index (χ4v) is 5.13. The first-order valence-electron chi connectivity index (χ1n) is 13.7. The molecule has 44 heavy (non-hydrogen) atoms. The Labute approximate surface area is 251 Å². The van der Waals surface area contributed by atoms with Crippen molar-refractivity contribution in [1.29, 1.82) is 0 Å². The van der Waals surface area contributed by atoms with E-state index in [0.29, 0.717) is 16.6 Å². The quantitative estimate of drug-likeness (QED) is 0.205. The van der Waals surface area contributed by atoms with Crippen molar-refractivity contribution < 1.29 is 33.3 Å². The number of fused-ring (bicyclic) bond motifs is 1. The highest BCUT2D eigenvalue weighted by atomic mass is 16.7. The Balaban J connectivity index is 1.41. The number of benzene rings is 3. The Bertz CT molecular complexity index is 1800. The number of esters is 3. The van der Waals surface area contributed by atoms with Gasteiger partial charge in [-0.15, -0.1) is 5.10 Å². The maximum Gasteiger partial charge on any atom is 0.338 e. The summed E-state index contributed by atoms with van der Waals surface area (Å²) in [4.78, 5) is 44.2. The number of nitrogens with two attached hydrogens (primary N) is 1. The largest absolute Gasteiger partial charge is 0.459 e. The highest BCUT2D eigenvalue weighted by Gasteiger charge is 2.60. The lowest BCUT2D eigenvalue weighted by Crippen LogP contribution is -2.50. The highest BCUT2D eigenvalue weighted by Crippen LogP contribution is 2.45. The van der Waals surface area contributed by atoms with Gasteiger partial charge < -0.3 is 24.7 Å². The second-order valence-electron chi connectivity index (χ2n) is 10.2. The zero-order valence-electron chi connectivity index (χ0n) is 23.5. The fourth-order valence-electron chi connectivity index (χ4n) is 5.13. The Hall–Kier alpha value is -5.62. The number of nitrogen functional groups attached to an aromatic ring is 1. The van der Waals surface area contributed by atoms with Crippen LogP contribution in [0.15, 0.2) is 104 Å². The number of aromatic nitrogens is 4. The Kier molecular flexibility index (Phi) is 7.73. The number of imidazole rings is 1. The van der Waals surface area contributed by atoms with Gasteiger partial charge in [-0.1, -0.05) is 54.6 Å². The van der Waals surface area contributed by atoms with Crippen molar-refractivity contribution in [2.45, 2.75) is 31.0 Å². The summed E-state index contributed by atoms with van der Waals surface area (Å²) in [6.07, 6.45) is -0.565. The van der Waals surface area contributed by atoms with Crippen LogP contribution >= 0.6 is 0 Å². The first-order valence-corrected chi connectivity index (χ1v) is 13.7. The molecule has 3 aromatic carbocycles. The molecule has 0 amide bonds. The van der Waals surface area contributed by atoms with Gasteiger partial charge in [-0.25, -0.2) is 19.4 Å². The molecule has 12 nitrogen and oxygen atoms in total. The highest BCUT2D eigenvalue weighted by molar-refractivity contribution is 5.91. The topological polar surface area (TPSA) is 158 Å². The van der Waals surface area contributed by atoms with Crippen molar-refractivity contribution in [3.05, 3.63) is 120 Å². The first kappa shape index (κ1) is 28.5. The minimum Gasteiger partial charge on any atom is -0.459 e. The molecule has 5 aromatic rings. The van der Waals surface area contributed by atoms with Crippen LogP contribution in [0.1, 0.15) is 44.2 Å². The van der Waals surface area contributed by atoms with Gasteiger partial charge in [-0.3, -0.25) is 4.57 Å². The Morgan fingerprint density at radius 1 is 0.864 bits per heavy atom. The van der Waals surface area contributed by atoms with Gasteiger partial charge in [0.15, 0.2) is 23.8 Å². The van der Waals surface area contributed by atoms with Crippen LogP contribution in [-0.2, 0) is 18.9 Å². The van der Waals surface area contributed by atoms with E-state index in [2.05, 4.69) is 15.2 Å². The second kappa shape index (κ2) is 11.9. The third kappa shape index (κ3) is 5.45. The van der Waals surface area contributed by atoms with Crippen molar-refractivity contribution in [3.8, 4) is 0 Å². The van der Waals surface area contributed by atoms with Crippen LogP contribution in [0.4, 0.5) is 5.82 Å². The summed E-state index contributed by atoms with van der Waals surface area (Å²) in [5.41, 5.74) is 5.97. The van der Waals surface area contributed by atoms with Crippen LogP contribution in [0.25, 0.3) is 11.0 Å². The van der Waals surface area contributed by atoms with E-state index in [1.54, 1.807) is 102 Å².